The molecule has 0 radical (unpaired) electrons. The third-order valence-corrected chi connectivity index (χ3v) is 7.48. The highest BCUT2D eigenvalue weighted by molar-refractivity contribution is 7.26. The van der Waals surface area contributed by atoms with Crippen molar-refractivity contribution >= 4 is 75.6 Å². The summed E-state index contributed by atoms with van der Waals surface area (Å²) in [6.07, 6.45) is 0. The zero-order chi connectivity index (χ0) is 21.2. The number of rotatable bonds is 1. The summed E-state index contributed by atoms with van der Waals surface area (Å²) < 4.78 is 2.47. The standard InChI is InChI=1S/C28H15ClN2S/c29-28-30-26(19-10-9-16-5-1-2-7-18(16)15-19)21-12-14-23-25(27(21)31-28)24-20-8-4-3-6-17(20)11-13-22(24)32-23/h1-15H. The van der Waals surface area contributed by atoms with Crippen LogP contribution in [0.4, 0.5) is 0 Å². The molecule has 0 aliphatic rings. The van der Waals surface area contributed by atoms with Crippen LogP contribution in [0.5, 0.6) is 0 Å². The summed E-state index contributed by atoms with van der Waals surface area (Å²) in [6.45, 7) is 0. The molecule has 2 aromatic heterocycles. The third kappa shape index (κ3) is 2.59. The van der Waals surface area contributed by atoms with Gasteiger partial charge in [0.1, 0.15) is 0 Å². The fourth-order valence-corrected chi connectivity index (χ4v) is 6.04. The average Bonchev–Trinajstić information content (AvgIpc) is 3.23. The van der Waals surface area contributed by atoms with E-state index in [1.807, 2.05) is 0 Å². The molecule has 2 heterocycles. The zero-order valence-electron chi connectivity index (χ0n) is 16.8. The summed E-state index contributed by atoms with van der Waals surface area (Å²) in [6, 6.07) is 32.1. The van der Waals surface area contributed by atoms with E-state index in [4.69, 9.17) is 16.6 Å². The molecule has 0 aliphatic heterocycles. The zero-order valence-corrected chi connectivity index (χ0v) is 18.4. The summed E-state index contributed by atoms with van der Waals surface area (Å²) in [5, 5.41) is 8.55. The highest BCUT2D eigenvalue weighted by Crippen LogP contribution is 2.43. The average molecular weight is 447 g/mol. The Hall–Kier alpha value is -3.53. The first kappa shape index (κ1) is 18.1. The molecule has 0 saturated heterocycles. The predicted molar refractivity (Wildman–Crippen MR) is 138 cm³/mol. The molecule has 32 heavy (non-hydrogen) atoms. The summed E-state index contributed by atoms with van der Waals surface area (Å²) in [7, 11) is 0. The van der Waals surface area contributed by atoms with Crippen molar-refractivity contribution in [1.82, 2.24) is 9.97 Å². The molecule has 4 heteroatoms. The van der Waals surface area contributed by atoms with Gasteiger partial charge in [0, 0.05) is 31.1 Å². The Labute approximate surface area is 192 Å². The van der Waals surface area contributed by atoms with E-state index in [1.54, 1.807) is 11.3 Å². The second-order valence-electron chi connectivity index (χ2n) is 8.00. The molecule has 2 nitrogen and oxygen atoms in total. The lowest BCUT2D eigenvalue weighted by atomic mass is 9.99. The van der Waals surface area contributed by atoms with Gasteiger partial charge in [-0.1, -0.05) is 66.7 Å². The summed E-state index contributed by atoms with van der Waals surface area (Å²) in [5.74, 6) is 0. The normalized spacial score (nSPS) is 11.9. The Morgan fingerprint density at radius 2 is 1.31 bits per heavy atom. The van der Waals surface area contributed by atoms with Gasteiger partial charge in [-0.3, -0.25) is 0 Å². The smallest absolute Gasteiger partial charge is 0.217 e. The van der Waals surface area contributed by atoms with Crippen LogP contribution >= 0.6 is 22.9 Å². The number of benzene rings is 5. The number of thiophene rings is 1. The molecule has 0 aliphatic carbocycles. The molecule has 0 N–H and O–H groups in total. The van der Waals surface area contributed by atoms with Crippen molar-refractivity contribution < 1.29 is 0 Å². The van der Waals surface area contributed by atoms with Crippen LogP contribution in [0.3, 0.4) is 0 Å². The van der Waals surface area contributed by atoms with Gasteiger partial charge in [0.15, 0.2) is 0 Å². The topological polar surface area (TPSA) is 25.8 Å². The van der Waals surface area contributed by atoms with Crippen LogP contribution < -0.4 is 0 Å². The molecule has 0 amide bonds. The maximum Gasteiger partial charge on any atom is 0.223 e. The maximum atomic E-state index is 6.51. The Kier molecular flexibility index (Phi) is 3.80. The van der Waals surface area contributed by atoms with E-state index >= 15 is 0 Å². The van der Waals surface area contributed by atoms with Crippen molar-refractivity contribution in [2.45, 2.75) is 0 Å². The molecule has 0 bridgehead atoms. The Bertz CT molecular complexity index is 1850. The quantitative estimate of drug-likeness (QED) is 0.236. The Balaban J connectivity index is 1.63. The molecule has 7 aromatic rings. The first-order chi connectivity index (χ1) is 15.8. The molecular weight excluding hydrogens is 432 g/mol. The van der Waals surface area contributed by atoms with Crippen LogP contribution in [0.1, 0.15) is 0 Å². The van der Waals surface area contributed by atoms with E-state index in [-0.39, 0.29) is 5.28 Å². The van der Waals surface area contributed by atoms with Gasteiger partial charge >= 0.3 is 0 Å². The molecule has 0 fully saturated rings. The van der Waals surface area contributed by atoms with Crippen molar-refractivity contribution in [3.8, 4) is 11.3 Å². The SMILES string of the molecule is Clc1nc(-c2ccc3ccccc3c2)c2ccc3sc4ccc5ccccc5c4c3c2n1. The molecule has 0 atom stereocenters. The summed E-state index contributed by atoms with van der Waals surface area (Å²) in [5.41, 5.74) is 2.82. The third-order valence-electron chi connectivity index (χ3n) is 6.19. The first-order valence-corrected chi connectivity index (χ1v) is 11.7. The Morgan fingerprint density at radius 1 is 0.594 bits per heavy atom. The van der Waals surface area contributed by atoms with E-state index in [0.717, 1.165) is 27.5 Å². The van der Waals surface area contributed by atoms with Crippen LogP contribution in [-0.4, -0.2) is 9.97 Å². The minimum Gasteiger partial charge on any atom is -0.217 e. The highest BCUT2D eigenvalue weighted by Gasteiger charge is 2.17. The van der Waals surface area contributed by atoms with Gasteiger partial charge < -0.3 is 0 Å². The van der Waals surface area contributed by atoms with Gasteiger partial charge in [0.05, 0.1) is 11.2 Å². The van der Waals surface area contributed by atoms with E-state index < -0.39 is 0 Å². The second-order valence-corrected chi connectivity index (χ2v) is 9.42. The molecule has 5 aromatic carbocycles. The summed E-state index contributed by atoms with van der Waals surface area (Å²) >= 11 is 8.31. The van der Waals surface area contributed by atoms with Crippen molar-refractivity contribution in [2.24, 2.45) is 0 Å². The number of halogens is 1. The lowest BCUT2D eigenvalue weighted by Crippen LogP contribution is -1.92. The van der Waals surface area contributed by atoms with E-state index in [9.17, 15) is 0 Å². The van der Waals surface area contributed by atoms with Crippen LogP contribution in [0, 0.1) is 0 Å². The largest absolute Gasteiger partial charge is 0.223 e. The summed E-state index contributed by atoms with van der Waals surface area (Å²) in [4.78, 5) is 9.41. The fraction of sp³-hybridized carbons (Fsp3) is 0. The number of hydrogen-bond donors (Lipinski definition) is 0. The molecule has 0 spiro atoms. The van der Waals surface area contributed by atoms with E-state index in [2.05, 4.69) is 96.0 Å². The van der Waals surface area contributed by atoms with Gasteiger partial charge in [0.25, 0.3) is 0 Å². The minimum absolute atomic E-state index is 0.271. The first-order valence-electron chi connectivity index (χ1n) is 10.5. The van der Waals surface area contributed by atoms with E-state index in [1.165, 1.54) is 36.3 Å². The number of fused-ring (bicyclic) bond motifs is 8. The molecule has 7 rings (SSSR count). The van der Waals surface area contributed by atoms with Crippen LogP contribution in [0.2, 0.25) is 5.28 Å². The van der Waals surface area contributed by atoms with Gasteiger partial charge in [0.2, 0.25) is 5.28 Å². The molecule has 0 unspecified atom stereocenters. The maximum absolute atomic E-state index is 6.51. The number of nitrogens with zero attached hydrogens (tertiary/aromatic N) is 2. The van der Waals surface area contributed by atoms with Crippen LogP contribution in [0.15, 0.2) is 91.0 Å². The lowest BCUT2D eigenvalue weighted by molar-refractivity contribution is 1.23. The monoisotopic (exact) mass is 446 g/mol. The number of hydrogen-bond acceptors (Lipinski definition) is 3. The van der Waals surface area contributed by atoms with E-state index in [0.29, 0.717) is 0 Å². The molecular formula is C28H15ClN2S. The fourth-order valence-electron chi connectivity index (χ4n) is 4.75. The lowest BCUT2D eigenvalue weighted by Gasteiger charge is -2.09. The predicted octanol–water partition coefficient (Wildman–Crippen LogP) is 8.62. The van der Waals surface area contributed by atoms with Crippen LogP contribution in [-0.2, 0) is 0 Å². The van der Waals surface area contributed by atoms with Crippen molar-refractivity contribution in [2.75, 3.05) is 0 Å². The van der Waals surface area contributed by atoms with Gasteiger partial charge in [-0.05, 0) is 57.4 Å². The van der Waals surface area contributed by atoms with Crippen molar-refractivity contribution in [1.29, 1.82) is 0 Å². The minimum atomic E-state index is 0.271. The van der Waals surface area contributed by atoms with Gasteiger partial charge in [-0.2, -0.15) is 0 Å². The molecule has 0 saturated carbocycles. The van der Waals surface area contributed by atoms with Crippen molar-refractivity contribution in [3.63, 3.8) is 0 Å². The van der Waals surface area contributed by atoms with Crippen molar-refractivity contribution in [3.05, 3.63) is 96.3 Å². The highest BCUT2D eigenvalue weighted by atomic mass is 35.5. The van der Waals surface area contributed by atoms with Gasteiger partial charge in [-0.25, -0.2) is 9.97 Å². The van der Waals surface area contributed by atoms with Crippen LogP contribution in [0.25, 0.3) is 63.9 Å². The Morgan fingerprint density at radius 3 is 2.22 bits per heavy atom. The molecule has 150 valence electrons. The van der Waals surface area contributed by atoms with Gasteiger partial charge in [-0.15, -0.1) is 11.3 Å². The second kappa shape index (κ2) is 6.73. The number of aromatic nitrogens is 2.